The number of amides is 1. The molecule has 1 amide bonds. The third-order valence-electron chi connectivity index (χ3n) is 6.12. The first-order valence-corrected chi connectivity index (χ1v) is 11.0. The number of hydrogen-bond donors (Lipinski definition) is 0. The van der Waals surface area contributed by atoms with Crippen LogP contribution in [0.3, 0.4) is 0 Å². The molecule has 0 N–H and O–H groups in total. The molecule has 31 heavy (non-hydrogen) atoms. The SMILES string of the molecule is COc1ccc(OCC(=O)N2CCN(c3ccc(N4CCC(C)CC4)nn3)CC2)cc1. The molecule has 0 aliphatic carbocycles. The first-order chi connectivity index (χ1) is 15.1. The van der Waals surface area contributed by atoms with Gasteiger partial charge in [-0.25, -0.2) is 0 Å². The predicted molar refractivity (Wildman–Crippen MR) is 120 cm³/mol. The number of piperazine rings is 1. The van der Waals surface area contributed by atoms with Crippen LogP contribution in [-0.2, 0) is 4.79 Å². The Morgan fingerprint density at radius 3 is 1.97 bits per heavy atom. The fourth-order valence-corrected chi connectivity index (χ4v) is 3.99. The summed E-state index contributed by atoms with van der Waals surface area (Å²) in [6, 6.07) is 11.4. The summed E-state index contributed by atoms with van der Waals surface area (Å²) < 4.78 is 10.8. The number of anilines is 2. The zero-order chi connectivity index (χ0) is 21.6. The second kappa shape index (κ2) is 9.85. The topological polar surface area (TPSA) is 71.0 Å². The molecule has 8 nitrogen and oxygen atoms in total. The number of ether oxygens (including phenoxy) is 2. The Balaban J connectivity index is 1.23. The van der Waals surface area contributed by atoms with Crippen molar-refractivity contribution in [2.75, 3.05) is 62.8 Å². The van der Waals surface area contributed by atoms with Crippen LogP contribution in [0.1, 0.15) is 19.8 Å². The molecule has 2 aliphatic rings. The molecule has 0 unspecified atom stereocenters. The number of hydrogen-bond acceptors (Lipinski definition) is 7. The first-order valence-electron chi connectivity index (χ1n) is 11.0. The lowest BCUT2D eigenvalue weighted by Crippen LogP contribution is -2.50. The molecular weight excluding hydrogens is 394 g/mol. The van der Waals surface area contributed by atoms with E-state index in [9.17, 15) is 4.79 Å². The fourth-order valence-electron chi connectivity index (χ4n) is 3.99. The van der Waals surface area contributed by atoms with Gasteiger partial charge in [-0.05, 0) is 55.2 Å². The van der Waals surface area contributed by atoms with Crippen LogP contribution in [0.5, 0.6) is 11.5 Å². The number of nitrogens with zero attached hydrogens (tertiary/aromatic N) is 5. The zero-order valence-electron chi connectivity index (χ0n) is 18.4. The third-order valence-corrected chi connectivity index (χ3v) is 6.12. The van der Waals surface area contributed by atoms with Gasteiger partial charge in [0, 0.05) is 39.3 Å². The second-order valence-electron chi connectivity index (χ2n) is 8.25. The highest BCUT2D eigenvalue weighted by Crippen LogP contribution is 2.22. The van der Waals surface area contributed by atoms with Crippen LogP contribution in [0, 0.1) is 5.92 Å². The van der Waals surface area contributed by atoms with Crippen molar-refractivity contribution in [2.45, 2.75) is 19.8 Å². The first kappa shape index (κ1) is 21.2. The summed E-state index contributed by atoms with van der Waals surface area (Å²) in [7, 11) is 1.62. The van der Waals surface area contributed by atoms with E-state index in [0.29, 0.717) is 18.8 Å². The lowest BCUT2D eigenvalue weighted by molar-refractivity contribution is -0.133. The van der Waals surface area contributed by atoms with Crippen LogP contribution in [-0.4, -0.2) is 74.0 Å². The lowest BCUT2D eigenvalue weighted by Gasteiger charge is -2.35. The standard InChI is InChI=1S/C23H31N5O3/c1-18-9-11-26(12-10-18)21-7-8-22(25-24-21)27-13-15-28(16-14-27)23(29)17-31-20-5-3-19(30-2)4-6-20/h3-8,18H,9-17H2,1-2H3. The van der Waals surface area contributed by atoms with Gasteiger partial charge in [0.1, 0.15) is 11.5 Å². The van der Waals surface area contributed by atoms with Gasteiger partial charge in [-0.2, -0.15) is 0 Å². The van der Waals surface area contributed by atoms with Crippen LogP contribution in [0.25, 0.3) is 0 Å². The molecule has 2 fully saturated rings. The zero-order valence-corrected chi connectivity index (χ0v) is 18.4. The average Bonchev–Trinajstić information content (AvgIpc) is 2.83. The van der Waals surface area contributed by atoms with Crippen molar-refractivity contribution in [1.29, 1.82) is 0 Å². The Hall–Kier alpha value is -3.03. The molecule has 0 bridgehead atoms. The highest BCUT2D eigenvalue weighted by molar-refractivity contribution is 5.78. The highest BCUT2D eigenvalue weighted by atomic mass is 16.5. The smallest absolute Gasteiger partial charge is 0.260 e. The van der Waals surface area contributed by atoms with Crippen molar-refractivity contribution in [1.82, 2.24) is 15.1 Å². The van der Waals surface area contributed by atoms with Crippen LogP contribution in [0.15, 0.2) is 36.4 Å². The maximum Gasteiger partial charge on any atom is 0.260 e. The molecule has 1 aromatic carbocycles. The average molecular weight is 426 g/mol. The summed E-state index contributed by atoms with van der Waals surface area (Å²) in [5, 5.41) is 8.91. The van der Waals surface area contributed by atoms with E-state index in [2.05, 4.69) is 33.0 Å². The van der Waals surface area contributed by atoms with Gasteiger partial charge in [0.05, 0.1) is 7.11 Å². The molecular formula is C23H31N5O3. The van der Waals surface area contributed by atoms with Gasteiger partial charge in [-0.15, -0.1) is 10.2 Å². The Labute approximate surface area is 183 Å². The quantitative estimate of drug-likeness (QED) is 0.704. The van der Waals surface area contributed by atoms with Crippen LogP contribution in [0.2, 0.25) is 0 Å². The molecule has 8 heteroatoms. The Kier molecular flexibility index (Phi) is 6.74. The normalized spacial score (nSPS) is 17.5. The molecule has 0 saturated carbocycles. The number of carbonyl (C=O) groups is 1. The third kappa shape index (κ3) is 5.37. The summed E-state index contributed by atoms with van der Waals surface area (Å²) >= 11 is 0. The molecule has 2 saturated heterocycles. The minimum atomic E-state index is -0.00349. The van der Waals surface area contributed by atoms with E-state index in [1.54, 1.807) is 19.2 Å². The molecule has 2 aliphatic heterocycles. The van der Waals surface area contributed by atoms with Crippen molar-refractivity contribution < 1.29 is 14.3 Å². The molecule has 1 aromatic heterocycles. The van der Waals surface area contributed by atoms with Crippen molar-refractivity contribution in [3.05, 3.63) is 36.4 Å². The van der Waals surface area contributed by atoms with Crippen LogP contribution in [0.4, 0.5) is 11.6 Å². The maximum absolute atomic E-state index is 12.5. The number of carbonyl (C=O) groups excluding carboxylic acids is 1. The Morgan fingerprint density at radius 1 is 0.871 bits per heavy atom. The van der Waals surface area contributed by atoms with Crippen molar-refractivity contribution in [3.8, 4) is 11.5 Å². The summed E-state index contributed by atoms with van der Waals surface area (Å²) in [4.78, 5) is 18.8. The lowest BCUT2D eigenvalue weighted by atomic mass is 9.99. The molecule has 4 rings (SSSR count). The van der Waals surface area contributed by atoms with E-state index in [-0.39, 0.29) is 12.5 Å². The van der Waals surface area contributed by atoms with E-state index in [0.717, 1.165) is 49.5 Å². The number of benzene rings is 1. The van der Waals surface area contributed by atoms with E-state index in [1.807, 2.05) is 23.1 Å². The number of piperidine rings is 1. The second-order valence-corrected chi connectivity index (χ2v) is 8.25. The summed E-state index contributed by atoms with van der Waals surface area (Å²) in [6.45, 7) is 7.23. The summed E-state index contributed by atoms with van der Waals surface area (Å²) in [5.74, 6) is 4.04. The van der Waals surface area contributed by atoms with Gasteiger partial charge in [-0.1, -0.05) is 6.92 Å². The van der Waals surface area contributed by atoms with E-state index in [4.69, 9.17) is 9.47 Å². The molecule has 0 spiro atoms. The van der Waals surface area contributed by atoms with Crippen molar-refractivity contribution >= 4 is 17.5 Å². The minimum absolute atomic E-state index is 0.00349. The van der Waals surface area contributed by atoms with Gasteiger partial charge < -0.3 is 24.2 Å². The molecule has 2 aromatic rings. The van der Waals surface area contributed by atoms with Crippen LogP contribution < -0.4 is 19.3 Å². The molecule has 3 heterocycles. The van der Waals surface area contributed by atoms with Crippen LogP contribution >= 0.6 is 0 Å². The van der Waals surface area contributed by atoms with Gasteiger partial charge in [0.25, 0.3) is 5.91 Å². The van der Waals surface area contributed by atoms with Crippen molar-refractivity contribution in [2.24, 2.45) is 5.92 Å². The number of rotatable bonds is 6. The fraction of sp³-hybridized carbons (Fsp3) is 0.522. The van der Waals surface area contributed by atoms with Crippen molar-refractivity contribution in [3.63, 3.8) is 0 Å². The van der Waals surface area contributed by atoms with E-state index >= 15 is 0 Å². The van der Waals surface area contributed by atoms with Gasteiger partial charge in [0.2, 0.25) is 0 Å². The molecule has 166 valence electrons. The summed E-state index contributed by atoms with van der Waals surface area (Å²) in [5.41, 5.74) is 0. The Bertz CT molecular complexity index is 843. The molecule has 0 radical (unpaired) electrons. The highest BCUT2D eigenvalue weighted by Gasteiger charge is 2.23. The van der Waals surface area contributed by atoms with E-state index < -0.39 is 0 Å². The van der Waals surface area contributed by atoms with Gasteiger partial charge >= 0.3 is 0 Å². The van der Waals surface area contributed by atoms with E-state index in [1.165, 1.54) is 12.8 Å². The largest absolute Gasteiger partial charge is 0.497 e. The monoisotopic (exact) mass is 425 g/mol. The summed E-state index contributed by atoms with van der Waals surface area (Å²) in [6.07, 6.45) is 2.42. The van der Waals surface area contributed by atoms with Gasteiger partial charge in [0.15, 0.2) is 18.2 Å². The number of methoxy groups -OCH3 is 1. The Morgan fingerprint density at radius 2 is 1.42 bits per heavy atom. The predicted octanol–water partition coefficient (Wildman–Crippen LogP) is 2.45. The number of aromatic nitrogens is 2. The van der Waals surface area contributed by atoms with Gasteiger partial charge in [-0.3, -0.25) is 4.79 Å². The minimum Gasteiger partial charge on any atom is -0.497 e. The molecule has 0 atom stereocenters. The maximum atomic E-state index is 12.5.